The van der Waals surface area contributed by atoms with Crippen molar-refractivity contribution >= 4 is 11.9 Å². The fourth-order valence-electron chi connectivity index (χ4n) is 1.97. The Balaban J connectivity index is 2.56. The van der Waals surface area contributed by atoms with Crippen LogP contribution in [-0.2, 0) is 9.59 Å². The van der Waals surface area contributed by atoms with Crippen molar-refractivity contribution in [1.82, 2.24) is 5.32 Å². The lowest BCUT2D eigenvalue weighted by atomic mass is 9.77. The van der Waals surface area contributed by atoms with E-state index in [9.17, 15) is 22.8 Å². The molecule has 1 aliphatic rings. The first kappa shape index (κ1) is 13.8. The average Bonchev–Trinajstić information content (AvgIpc) is 2.16. The van der Waals surface area contributed by atoms with Crippen molar-refractivity contribution in [3.05, 3.63) is 0 Å². The molecule has 98 valence electrons. The highest BCUT2D eigenvalue weighted by molar-refractivity contribution is 5.82. The van der Waals surface area contributed by atoms with E-state index in [0.29, 0.717) is 0 Å². The molecular weight excluding hydrogens is 239 g/mol. The lowest BCUT2D eigenvalue weighted by Crippen LogP contribution is -2.52. The molecule has 4 nitrogen and oxygen atoms in total. The molecule has 0 heterocycles. The summed E-state index contributed by atoms with van der Waals surface area (Å²) in [5.41, 5.74) is -0.960. The maximum absolute atomic E-state index is 12.1. The van der Waals surface area contributed by atoms with Crippen LogP contribution in [0.4, 0.5) is 13.2 Å². The Morgan fingerprint density at radius 3 is 2.12 bits per heavy atom. The second kappa shape index (κ2) is 4.54. The van der Waals surface area contributed by atoms with E-state index >= 15 is 0 Å². The van der Waals surface area contributed by atoms with Gasteiger partial charge in [0.1, 0.15) is 0 Å². The van der Waals surface area contributed by atoms with Crippen molar-refractivity contribution in [2.24, 2.45) is 5.92 Å². The maximum atomic E-state index is 12.1. The van der Waals surface area contributed by atoms with E-state index in [-0.39, 0.29) is 25.7 Å². The van der Waals surface area contributed by atoms with Crippen LogP contribution in [0.15, 0.2) is 0 Å². The zero-order valence-electron chi connectivity index (χ0n) is 9.30. The van der Waals surface area contributed by atoms with Crippen LogP contribution < -0.4 is 5.32 Å². The van der Waals surface area contributed by atoms with Gasteiger partial charge in [0.05, 0.1) is 5.92 Å². The van der Waals surface area contributed by atoms with Crippen LogP contribution in [0.3, 0.4) is 0 Å². The monoisotopic (exact) mass is 253 g/mol. The number of amides is 1. The number of nitrogens with one attached hydrogen (secondary N) is 1. The number of alkyl halides is 3. The molecule has 17 heavy (non-hydrogen) atoms. The zero-order chi connectivity index (χ0) is 13.3. The summed E-state index contributed by atoms with van der Waals surface area (Å²) in [4.78, 5) is 21.5. The van der Waals surface area contributed by atoms with Gasteiger partial charge in [-0.1, -0.05) is 0 Å². The summed E-state index contributed by atoms with van der Waals surface area (Å²) in [5, 5.41) is 10.7. The Labute approximate surface area is 96.2 Å². The molecule has 7 heteroatoms. The highest BCUT2D eigenvalue weighted by Gasteiger charge is 2.43. The first-order valence-corrected chi connectivity index (χ1v) is 5.26. The van der Waals surface area contributed by atoms with Gasteiger partial charge < -0.3 is 10.4 Å². The van der Waals surface area contributed by atoms with E-state index in [1.165, 1.54) is 6.92 Å². The minimum atomic E-state index is -4.90. The Morgan fingerprint density at radius 2 is 1.76 bits per heavy atom. The molecule has 2 N–H and O–H groups in total. The molecule has 0 aromatic carbocycles. The van der Waals surface area contributed by atoms with Crippen LogP contribution >= 0.6 is 0 Å². The summed E-state index contributed by atoms with van der Waals surface area (Å²) < 4.78 is 36.2. The molecule has 0 aliphatic heterocycles. The average molecular weight is 253 g/mol. The van der Waals surface area contributed by atoms with Gasteiger partial charge >= 0.3 is 18.1 Å². The number of carboxylic acid groups (broad SMARTS) is 1. The van der Waals surface area contributed by atoms with E-state index < -0.39 is 29.5 Å². The van der Waals surface area contributed by atoms with Gasteiger partial charge in [-0.25, -0.2) is 0 Å². The number of carbonyl (C=O) groups is 2. The number of aliphatic carboxylic acids is 1. The van der Waals surface area contributed by atoms with Gasteiger partial charge in [0.25, 0.3) is 0 Å². The van der Waals surface area contributed by atoms with E-state index in [0.717, 1.165) is 0 Å². The predicted molar refractivity (Wildman–Crippen MR) is 52.2 cm³/mol. The predicted octanol–water partition coefficient (Wildman–Crippen LogP) is 1.70. The molecule has 1 fully saturated rings. The number of carbonyl (C=O) groups excluding carboxylic acids is 1. The summed E-state index contributed by atoms with van der Waals surface area (Å²) in [6, 6.07) is 0. The van der Waals surface area contributed by atoms with Gasteiger partial charge in [-0.2, -0.15) is 13.2 Å². The van der Waals surface area contributed by atoms with Gasteiger partial charge in [0.2, 0.25) is 0 Å². The standard InChI is InChI=1S/C10H14F3NO3/c1-9(14-8(17)10(11,12)13)4-2-6(3-5-9)7(15)16/h6H,2-5H2,1H3,(H,14,17)(H,15,16). The largest absolute Gasteiger partial charge is 0.481 e. The Morgan fingerprint density at radius 1 is 1.29 bits per heavy atom. The summed E-state index contributed by atoms with van der Waals surface area (Å²) in [6.45, 7) is 1.51. The second-order valence-corrected chi connectivity index (χ2v) is 4.63. The summed E-state index contributed by atoms with van der Waals surface area (Å²) in [5.74, 6) is -3.42. The summed E-state index contributed by atoms with van der Waals surface area (Å²) >= 11 is 0. The van der Waals surface area contributed by atoms with E-state index in [1.807, 2.05) is 5.32 Å². The van der Waals surface area contributed by atoms with Crippen LogP contribution in [0.5, 0.6) is 0 Å². The molecular formula is C10H14F3NO3. The summed E-state index contributed by atoms with van der Waals surface area (Å²) in [7, 11) is 0. The Bertz CT molecular complexity index is 319. The number of halogens is 3. The number of hydrogen-bond donors (Lipinski definition) is 2. The first-order chi connectivity index (χ1) is 7.64. The maximum Gasteiger partial charge on any atom is 0.471 e. The van der Waals surface area contributed by atoms with E-state index in [4.69, 9.17) is 5.11 Å². The summed E-state index contributed by atoms with van der Waals surface area (Å²) in [6.07, 6.45) is -3.85. The molecule has 1 aliphatic carbocycles. The van der Waals surface area contributed by atoms with Crippen LogP contribution in [-0.4, -0.2) is 28.7 Å². The van der Waals surface area contributed by atoms with Crippen molar-refractivity contribution in [1.29, 1.82) is 0 Å². The van der Waals surface area contributed by atoms with Crippen LogP contribution in [0.25, 0.3) is 0 Å². The minimum Gasteiger partial charge on any atom is -0.481 e. The number of hydrogen-bond acceptors (Lipinski definition) is 2. The molecule has 1 saturated carbocycles. The first-order valence-electron chi connectivity index (χ1n) is 5.26. The molecule has 0 unspecified atom stereocenters. The van der Waals surface area contributed by atoms with Crippen molar-refractivity contribution in [2.75, 3.05) is 0 Å². The van der Waals surface area contributed by atoms with Crippen molar-refractivity contribution in [2.45, 2.75) is 44.3 Å². The molecule has 0 bridgehead atoms. The fraction of sp³-hybridized carbons (Fsp3) is 0.800. The van der Waals surface area contributed by atoms with Crippen LogP contribution in [0, 0.1) is 5.92 Å². The smallest absolute Gasteiger partial charge is 0.471 e. The molecule has 0 aromatic rings. The van der Waals surface area contributed by atoms with Crippen LogP contribution in [0.1, 0.15) is 32.6 Å². The van der Waals surface area contributed by atoms with Gasteiger partial charge in [-0.3, -0.25) is 9.59 Å². The third-order valence-electron chi connectivity index (χ3n) is 3.11. The minimum absolute atomic E-state index is 0.242. The molecule has 0 spiro atoms. The third-order valence-corrected chi connectivity index (χ3v) is 3.11. The SMILES string of the molecule is CC1(NC(=O)C(F)(F)F)CCC(C(=O)O)CC1. The van der Waals surface area contributed by atoms with Gasteiger partial charge in [0, 0.05) is 5.54 Å². The second-order valence-electron chi connectivity index (χ2n) is 4.63. The van der Waals surface area contributed by atoms with Crippen LogP contribution in [0.2, 0.25) is 0 Å². The molecule has 0 atom stereocenters. The van der Waals surface area contributed by atoms with E-state index in [2.05, 4.69) is 0 Å². The molecule has 0 aromatic heterocycles. The van der Waals surface area contributed by atoms with Gasteiger partial charge in [-0.15, -0.1) is 0 Å². The van der Waals surface area contributed by atoms with Gasteiger partial charge in [-0.05, 0) is 32.6 Å². The van der Waals surface area contributed by atoms with Crippen molar-refractivity contribution in [3.8, 4) is 0 Å². The third kappa shape index (κ3) is 3.61. The van der Waals surface area contributed by atoms with Gasteiger partial charge in [0.15, 0.2) is 0 Å². The number of rotatable bonds is 2. The van der Waals surface area contributed by atoms with E-state index in [1.54, 1.807) is 0 Å². The lowest BCUT2D eigenvalue weighted by Gasteiger charge is -2.36. The normalized spacial score (nSPS) is 29.8. The molecule has 1 rings (SSSR count). The van der Waals surface area contributed by atoms with Crippen molar-refractivity contribution in [3.63, 3.8) is 0 Å². The highest BCUT2D eigenvalue weighted by atomic mass is 19.4. The fourth-order valence-corrected chi connectivity index (χ4v) is 1.97. The Hall–Kier alpha value is -1.27. The molecule has 1 amide bonds. The molecule has 0 radical (unpaired) electrons. The quantitative estimate of drug-likeness (QED) is 0.787. The zero-order valence-corrected chi connectivity index (χ0v) is 9.30. The van der Waals surface area contributed by atoms with Crippen molar-refractivity contribution < 1.29 is 27.9 Å². The lowest BCUT2D eigenvalue weighted by molar-refractivity contribution is -0.176. The highest BCUT2D eigenvalue weighted by Crippen LogP contribution is 2.32. The topological polar surface area (TPSA) is 66.4 Å². The number of carboxylic acids is 1. The molecule has 0 saturated heterocycles. The Kier molecular flexibility index (Phi) is 3.68.